The first-order valence-electron chi connectivity index (χ1n) is 12.4. The molecule has 1 fully saturated rings. The smallest absolute Gasteiger partial charge is 0.408 e. The monoisotopic (exact) mass is 503 g/mol. The van der Waals surface area contributed by atoms with Gasteiger partial charge in [0.25, 0.3) is 5.91 Å². The van der Waals surface area contributed by atoms with Crippen molar-refractivity contribution in [1.82, 2.24) is 10.2 Å². The molecule has 3 unspecified atom stereocenters. The molecule has 1 aliphatic rings. The van der Waals surface area contributed by atoms with Crippen LogP contribution < -0.4 is 10.6 Å². The number of para-hydroxylation sites is 1. The van der Waals surface area contributed by atoms with E-state index >= 15 is 0 Å². The van der Waals surface area contributed by atoms with E-state index in [1.54, 1.807) is 45.0 Å². The summed E-state index contributed by atoms with van der Waals surface area (Å²) in [6, 6.07) is 18.6. The summed E-state index contributed by atoms with van der Waals surface area (Å²) in [6.45, 7) is 6.86. The number of amides is 3. The van der Waals surface area contributed by atoms with Crippen LogP contribution in [0.3, 0.4) is 0 Å². The lowest BCUT2D eigenvalue weighted by Gasteiger charge is -2.32. The molecule has 0 saturated heterocycles. The van der Waals surface area contributed by atoms with Crippen molar-refractivity contribution in [3.05, 3.63) is 72.3 Å². The number of phenolic OH excluding ortho intramolecular Hbond substituents is 1. The van der Waals surface area contributed by atoms with Gasteiger partial charge in [-0.2, -0.15) is 0 Å². The normalized spacial score (nSPS) is 17.5. The number of benzene rings is 3. The van der Waals surface area contributed by atoms with Crippen molar-refractivity contribution in [3.63, 3.8) is 0 Å². The largest absolute Gasteiger partial charge is 0.508 e. The Bertz CT molecular complexity index is 1320. The highest BCUT2D eigenvalue weighted by Crippen LogP contribution is 2.42. The molecule has 0 aromatic heterocycles. The van der Waals surface area contributed by atoms with Gasteiger partial charge in [-0.1, -0.05) is 55.5 Å². The molecular weight excluding hydrogens is 470 g/mol. The third-order valence-corrected chi connectivity index (χ3v) is 6.27. The zero-order valence-corrected chi connectivity index (χ0v) is 21.5. The zero-order valence-electron chi connectivity index (χ0n) is 21.5. The summed E-state index contributed by atoms with van der Waals surface area (Å²) in [5.41, 5.74) is 0.174. The number of fused-ring (bicyclic) bond motifs is 1. The van der Waals surface area contributed by atoms with Crippen molar-refractivity contribution in [2.24, 2.45) is 5.92 Å². The first-order valence-corrected chi connectivity index (χ1v) is 12.4. The standard InChI is InChI=1S/C29H33N3O5/c1-18-15-23(18)32(25(34)17-30-28(36)37-29(2,3)4)26(22-11-7-8-12-24(22)33)27(35)31-21-14-13-19-9-5-6-10-20(19)16-21/h5-14,16,18,23,26,33H,15,17H2,1-4H3,(H,30,36)(H,31,35). The first kappa shape index (κ1) is 26.0. The fourth-order valence-electron chi connectivity index (χ4n) is 4.38. The second-order valence-corrected chi connectivity index (χ2v) is 10.4. The van der Waals surface area contributed by atoms with Crippen LogP contribution in [0.4, 0.5) is 10.5 Å². The van der Waals surface area contributed by atoms with Crippen molar-refractivity contribution in [2.75, 3.05) is 11.9 Å². The lowest BCUT2D eigenvalue weighted by Crippen LogP contribution is -2.48. The fraction of sp³-hybridized carbons (Fsp3) is 0.345. The Hall–Kier alpha value is -4.07. The van der Waals surface area contributed by atoms with Crippen molar-refractivity contribution < 1.29 is 24.2 Å². The van der Waals surface area contributed by atoms with Gasteiger partial charge in [-0.15, -0.1) is 0 Å². The molecule has 8 heteroatoms. The second-order valence-electron chi connectivity index (χ2n) is 10.4. The second kappa shape index (κ2) is 10.5. The van der Waals surface area contributed by atoms with Crippen LogP contribution in [-0.2, 0) is 14.3 Å². The Morgan fingerprint density at radius 1 is 1.03 bits per heavy atom. The summed E-state index contributed by atoms with van der Waals surface area (Å²) >= 11 is 0. The van der Waals surface area contributed by atoms with Gasteiger partial charge in [-0.25, -0.2) is 4.79 Å². The number of hydrogen-bond donors (Lipinski definition) is 3. The maximum Gasteiger partial charge on any atom is 0.408 e. The molecule has 3 atom stereocenters. The van der Waals surface area contributed by atoms with Gasteiger partial charge in [0, 0.05) is 17.3 Å². The minimum absolute atomic E-state index is 0.0904. The highest BCUT2D eigenvalue weighted by molar-refractivity contribution is 6.00. The van der Waals surface area contributed by atoms with Crippen LogP contribution in [0.25, 0.3) is 10.8 Å². The highest BCUT2D eigenvalue weighted by atomic mass is 16.6. The third kappa shape index (κ3) is 6.39. The molecule has 0 spiro atoms. The van der Waals surface area contributed by atoms with Crippen molar-refractivity contribution in [1.29, 1.82) is 0 Å². The molecule has 1 saturated carbocycles. The zero-order chi connectivity index (χ0) is 26.7. The number of ether oxygens (including phenoxy) is 1. The lowest BCUT2D eigenvalue weighted by atomic mass is 10.0. The molecule has 0 radical (unpaired) electrons. The average Bonchev–Trinajstić information content (AvgIpc) is 3.56. The Morgan fingerprint density at radius 3 is 2.32 bits per heavy atom. The number of nitrogens with zero attached hydrogens (tertiary/aromatic N) is 1. The van der Waals surface area contributed by atoms with Gasteiger partial charge in [-0.05, 0) is 62.1 Å². The molecule has 3 aromatic carbocycles. The van der Waals surface area contributed by atoms with E-state index in [0.29, 0.717) is 17.7 Å². The highest BCUT2D eigenvalue weighted by Gasteiger charge is 2.47. The minimum atomic E-state index is -1.10. The van der Waals surface area contributed by atoms with Crippen LogP contribution in [0.1, 0.15) is 45.7 Å². The SMILES string of the molecule is CC1CC1N(C(=O)CNC(=O)OC(C)(C)C)C(C(=O)Nc1ccc2ccccc2c1)c1ccccc1O. The molecule has 0 bridgehead atoms. The molecule has 3 amide bonds. The van der Waals surface area contributed by atoms with E-state index in [-0.39, 0.29) is 24.3 Å². The number of rotatable bonds is 7. The number of alkyl carbamates (subject to hydrolysis) is 1. The number of phenols is 1. The minimum Gasteiger partial charge on any atom is -0.508 e. The maximum absolute atomic E-state index is 13.8. The number of aromatic hydroxyl groups is 1. The number of nitrogens with one attached hydrogen (secondary N) is 2. The predicted molar refractivity (Wildman–Crippen MR) is 142 cm³/mol. The molecule has 8 nitrogen and oxygen atoms in total. The molecule has 4 rings (SSSR count). The van der Waals surface area contributed by atoms with E-state index in [9.17, 15) is 19.5 Å². The summed E-state index contributed by atoms with van der Waals surface area (Å²) in [5, 5.41) is 18.1. The van der Waals surface area contributed by atoms with Crippen molar-refractivity contribution in [2.45, 2.75) is 51.8 Å². The van der Waals surface area contributed by atoms with Crippen LogP contribution in [0.2, 0.25) is 0 Å². The van der Waals surface area contributed by atoms with Gasteiger partial charge in [0.2, 0.25) is 5.91 Å². The first-order chi connectivity index (χ1) is 17.5. The van der Waals surface area contributed by atoms with E-state index in [1.807, 2.05) is 43.3 Å². The molecular formula is C29H33N3O5. The topological polar surface area (TPSA) is 108 Å². The Labute approximate surface area is 216 Å². The predicted octanol–water partition coefficient (Wildman–Crippen LogP) is 4.99. The van der Waals surface area contributed by atoms with Crippen LogP contribution in [-0.4, -0.2) is 46.1 Å². The Morgan fingerprint density at radius 2 is 1.68 bits per heavy atom. The number of carbonyl (C=O) groups is 3. The van der Waals surface area contributed by atoms with Crippen LogP contribution in [0.5, 0.6) is 5.75 Å². The molecule has 3 aromatic rings. The molecule has 1 aliphatic carbocycles. The summed E-state index contributed by atoms with van der Waals surface area (Å²) in [5.74, 6) is -0.816. The van der Waals surface area contributed by atoms with Gasteiger partial charge in [0.15, 0.2) is 0 Å². The summed E-state index contributed by atoms with van der Waals surface area (Å²) in [4.78, 5) is 40.9. The van der Waals surface area contributed by atoms with E-state index < -0.39 is 29.6 Å². The summed E-state index contributed by atoms with van der Waals surface area (Å²) < 4.78 is 5.25. The van der Waals surface area contributed by atoms with E-state index in [4.69, 9.17) is 4.74 Å². The molecule has 194 valence electrons. The van der Waals surface area contributed by atoms with Crippen molar-refractivity contribution in [3.8, 4) is 5.75 Å². The summed E-state index contributed by atoms with van der Waals surface area (Å²) in [7, 11) is 0. The molecule has 0 aliphatic heterocycles. The number of hydrogen-bond acceptors (Lipinski definition) is 5. The van der Waals surface area contributed by atoms with Gasteiger partial charge < -0.3 is 25.4 Å². The molecule has 0 heterocycles. The van der Waals surface area contributed by atoms with E-state index in [0.717, 1.165) is 10.8 Å². The fourth-order valence-corrected chi connectivity index (χ4v) is 4.38. The van der Waals surface area contributed by atoms with Crippen LogP contribution in [0.15, 0.2) is 66.7 Å². The quantitative estimate of drug-likeness (QED) is 0.421. The third-order valence-electron chi connectivity index (χ3n) is 6.27. The average molecular weight is 504 g/mol. The molecule has 37 heavy (non-hydrogen) atoms. The van der Waals surface area contributed by atoms with E-state index in [2.05, 4.69) is 10.6 Å². The maximum atomic E-state index is 13.8. The van der Waals surface area contributed by atoms with Gasteiger partial charge >= 0.3 is 6.09 Å². The van der Waals surface area contributed by atoms with Gasteiger partial charge in [0.05, 0.1) is 0 Å². The van der Waals surface area contributed by atoms with Gasteiger partial charge in [0.1, 0.15) is 23.9 Å². The van der Waals surface area contributed by atoms with E-state index in [1.165, 1.54) is 11.0 Å². The Kier molecular flexibility index (Phi) is 7.38. The Balaban J connectivity index is 1.63. The van der Waals surface area contributed by atoms with Crippen LogP contribution >= 0.6 is 0 Å². The number of carbonyl (C=O) groups excluding carboxylic acids is 3. The molecule has 3 N–H and O–H groups in total. The lowest BCUT2D eigenvalue weighted by molar-refractivity contribution is -0.139. The summed E-state index contributed by atoms with van der Waals surface area (Å²) in [6.07, 6.45) is -0.00436. The van der Waals surface area contributed by atoms with Crippen molar-refractivity contribution >= 4 is 34.4 Å². The van der Waals surface area contributed by atoms with Gasteiger partial charge in [-0.3, -0.25) is 9.59 Å². The number of anilines is 1. The van der Waals surface area contributed by atoms with Crippen LogP contribution in [0, 0.1) is 5.92 Å².